The molecule has 2 aromatic carbocycles. The largest absolute Gasteiger partial charge is 0.444 e. The summed E-state index contributed by atoms with van der Waals surface area (Å²) in [5.41, 5.74) is -3.15. The van der Waals surface area contributed by atoms with Gasteiger partial charge in [0.15, 0.2) is 0 Å². The molecule has 3 heterocycles. The van der Waals surface area contributed by atoms with Crippen LogP contribution in [-0.2, 0) is 17.5 Å². The van der Waals surface area contributed by atoms with Crippen LogP contribution in [0.25, 0.3) is 22.0 Å². The number of alkyl halides is 3. The predicted octanol–water partition coefficient (Wildman–Crippen LogP) is 6.23. The lowest BCUT2D eigenvalue weighted by molar-refractivity contribution is -0.137. The van der Waals surface area contributed by atoms with Crippen molar-refractivity contribution in [1.82, 2.24) is 19.4 Å². The number of carbonyl (C=O) groups excluding carboxylic acids is 1. The van der Waals surface area contributed by atoms with Gasteiger partial charge >= 0.3 is 18.0 Å². The third kappa shape index (κ3) is 6.35. The van der Waals surface area contributed by atoms with Gasteiger partial charge in [-0.25, -0.2) is 18.4 Å². The summed E-state index contributed by atoms with van der Waals surface area (Å²) in [5.74, 6) is -1.71. The van der Waals surface area contributed by atoms with E-state index in [1.54, 1.807) is 58.5 Å². The molecule has 0 aliphatic carbocycles. The fourth-order valence-corrected chi connectivity index (χ4v) is 7.54. The average Bonchev–Trinajstić information content (AvgIpc) is 3.10. The molecule has 0 spiro atoms. The van der Waals surface area contributed by atoms with E-state index >= 15 is 4.39 Å². The van der Waals surface area contributed by atoms with Gasteiger partial charge in [-0.15, -0.1) is 11.8 Å². The van der Waals surface area contributed by atoms with Gasteiger partial charge in [-0.3, -0.25) is 9.47 Å². The highest BCUT2D eigenvalue weighted by atomic mass is 32.2. The van der Waals surface area contributed by atoms with Gasteiger partial charge < -0.3 is 14.5 Å². The first kappa shape index (κ1) is 33.0. The van der Waals surface area contributed by atoms with Gasteiger partial charge in [0.05, 0.1) is 23.2 Å². The number of likely N-dealkylation sites (N-methyl/N-ethyl adjacent to an activating group) is 1. The number of piperazine rings is 1. The van der Waals surface area contributed by atoms with Crippen molar-refractivity contribution in [3.05, 3.63) is 51.9 Å². The smallest absolute Gasteiger partial charge is 0.417 e. The highest BCUT2D eigenvalue weighted by molar-refractivity contribution is 7.99. The second-order valence-electron chi connectivity index (χ2n) is 12.9. The van der Waals surface area contributed by atoms with E-state index in [0.29, 0.717) is 11.8 Å². The average molecular weight is 654 g/mol. The number of hydrogen-bond donors (Lipinski definition) is 0. The van der Waals surface area contributed by atoms with Crippen molar-refractivity contribution in [3.8, 4) is 11.1 Å². The molecule has 5 rings (SSSR count). The minimum absolute atomic E-state index is 0.0515. The Labute approximate surface area is 262 Å². The van der Waals surface area contributed by atoms with E-state index in [9.17, 15) is 27.2 Å². The minimum atomic E-state index is -4.93. The van der Waals surface area contributed by atoms with Crippen LogP contribution < -0.4 is 10.6 Å². The van der Waals surface area contributed by atoms with E-state index in [2.05, 4.69) is 4.98 Å². The Hall–Kier alpha value is -3.39. The number of rotatable bonds is 3. The van der Waals surface area contributed by atoms with Crippen LogP contribution in [-0.4, -0.2) is 82.1 Å². The van der Waals surface area contributed by atoms with Crippen LogP contribution in [0.15, 0.2) is 34.0 Å². The van der Waals surface area contributed by atoms with Crippen molar-refractivity contribution >= 4 is 34.6 Å². The lowest BCUT2D eigenvalue weighted by Crippen LogP contribution is -2.59. The standard InChI is InChI=1S/C31H36F5N5O3S/c1-16-12-39(13-17(2)41(16)29(43)44-30(3,4)5)27-21-11-22(31(34,35)36)24(20-9-8-18(32)10-23(20)33)26-25(21)40(28(42)37-27)14-19(15-45-26)38(6)7/h8-11,16-17,19H,12-15H2,1-7H3. The summed E-state index contributed by atoms with van der Waals surface area (Å²) in [7, 11) is 3.61. The first-order valence-electron chi connectivity index (χ1n) is 14.6. The number of benzene rings is 2. The second kappa shape index (κ2) is 11.8. The zero-order chi connectivity index (χ0) is 33.2. The molecule has 3 aromatic rings. The maximum atomic E-state index is 15.2. The molecule has 8 nitrogen and oxygen atoms in total. The lowest BCUT2D eigenvalue weighted by Gasteiger charge is -2.45. The number of thioether (sulfide) groups is 1. The van der Waals surface area contributed by atoms with Gasteiger partial charge in [0.25, 0.3) is 0 Å². The molecule has 244 valence electrons. The zero-order valence-electron chi connectivity index (χ0n) is 26.1. The van der Waals surface area contributed by atoms with Crippen molar-refractivity contribution in [1.29, 1.82) is 0 Å². The van der Waals surface area contributed by atoms with Crippen LogP contribution in [0.5, 0.6) is 0 Å². The van der Waals surface area contributed by atoms with E-state index in [0.717, 1.165) is 30.0 Å². The highest BCUT2D eigenvalue weighted by Gasteiger charge is 2.41. The van der Waals surface area contributed by atoms with E-state index in [1.165, 1.54) is 4.57 Å². The molecule has 0 N–H and O–H groups in total. The normalized spacial score (nSPS) is 21.0. The van der Waals surface area contributed by atoms with Crippen LogP contribution in [0, 0.1) is 11.6 Å². The molecule has 0 radical (unpaired) electrons. The first-order chi connectivity index (χ1) is 20.9. The van der Waals surface area contributed by atoms with E-state index in [4.69, 9.17) is 4.74 Å². The van der Waals surface area contributed by atoms with Gasteiger partial charge in [-0.05, 0) is 66.9 Å². The number of halogens is 5. The zero-order valence-corrected chi connectivity index (χ0v) is 26.9. The Kier molecular flexibility index (Phi) is 8.62. The number of nitrogens with zero attached hydrogens (tertiary/aromatic N) is 5. The van der Waals surface area contributed by atoms with Crippen molar-refractivity contribution in [2.24, 2.45) is 0 Å². The molecule has 1 aromatic heterocycles. The molecule has 1 amide bonds. The maximum Gasteiger partial charge on any atom is 0.417 e. The van der Waals surface area contributed by atoms with Gasteiger partial charge in [0.2, 0.25) is 0 Å². The fraction of sp³-hybridized carbons (Fsp3) is 0.516. The van der Waals surface area contributed by atoms with Crippen molar-refractivity contribution in [2.75, 3.05) is 37.8 Å². The van der Waals surface area contributed by atoms with Crippen LogP contribution in [0.1, 0.15) is 40.2 Å². The molecular formula is C31H36F5N5O3S. The van der Waals surface area contributed by atoms with Gasteiger partial charge in [0, 0.05) is 58.9 Å². The van der Waals surface area contributed by atoms with Gasteiger partial charge in [0.1, 0.15) is 23.1 Å². The SMILES string of the molecule is CC1CN(c2nc(=O)n3c4c(c(-c5ccc(F)cc5F)c(C(F)(F)F)cc24)SCC(N(C)C)C3)CC(C)N1C(=O)OC(C)(C)C. The molecule has 14 heteroatoms. The molecule has 3 atom stereocenters. The van der Waals surface area contributed by atoms with Crippen LogP contribution in [0.4, 0.5) is 32.6 Å². The van der Waals surface area contributed by atoms with E-state index < -0.39 is 64.0 Å². The molecule has 45 heavy (non-hydrogen) atoms. The van der Waals surface area contributed by atoms with Crippen LogP contribution in [0.2, 0.25) is 0 Å². The second-order valence-corrected chi connectivity index (χ2v) is 13.9. The third-order valence-electron chi connectivity index (χ3n) is 8.07. The Morgan fingerprint density at radius 2 is 1.69 bits per heavy atom. The molecule has 2 aliphatic rings. The third-order valence-corrected chi connectivity index (χ3v) is 9.31. The first-order valence-corrected chi connectivity index (χ1v) is 15.6. The molecule has 0 bridgehead atoms. The predicted molar refractivity (Wildman–Crippen MR) is 164 cm³/mol. The summed E-state index contributed by atoms with van der Waals surface area (Å²) < 4.78 is 80.7. The molecule has 1 saturated heterocycles. The number of amides is 1. The molecule has 2 aliphatic heterocycles. The van der Waals surface area contributed by atoms with Crippen LogP contribution >= 0.6 is 11.8 Å². The van der Waals surface area contributed by atoms with E-state index in [-0.39, 0.29) is 47.3 Å². The lowest BCUT2D eigenvalue weighted by atomic mass is 9.95. The van der Waals surface area contributed by atoms with Crippen LogP contribution in [0.3, 0.4) is 0 Å². The number of aromatic nitrogens is 2. The summed E-state index contributed by atoms with van der Waals surface area (Å²) in [6.45, 7) is 9.36. The molecule has 0 saturated carbocycles. The molecular weight excluding hydrogens is 617 g/mol. The Morgan fingerprint density at radius 1 is 1.04 bits per heavy atom. The fourth-order valence-electron chi connectivity index (χ4n) is 6.05. The Bertz CT molecular complexity index is 1690. The van der Waals surface area contributed by atoms with Gasteiger partial charge in [-0.1, -0.05) is 0 Å². The number of carbonyl (C=O) groups is 1. The summed E-state index contributed by atoms with van der Waals surface area (Å²) >= 11 is 1.10. The maximum absolute atomic E-state index is 15.2. The van der Waals surface area contributed by atoms with Crippen molar-refractivity contribution < 1.29 is 31.5 Å². The minimum Gasteiger partial charge on any atom is -0.444 e. The molecule has 3 unspecified atom stereocenters. The number of ether oxygens (including phenoxy) is 1. The summed E-state index contributed by atoms with van der Waals surface area (Å²) in [6.07, 6.45) is -5.44. The topological polar surface area (TPSA) is 70.9 Å². The van der Waals surface area contributed by atoms with Crippen molar-refractivity contribution in [3.63, 3.8) is 0 Å². The quantitative estimate of drug-likeness (QED) is 0.311. The Balaban J connectivity index is 1.76. The number of anilines is 1. The van der Waals surface area contributed by atoms with Crippen molar-refractivity contribution in [2.45, 2.75) is 76.0 Å². The van der Waals surface area contributed by atoms with E-state index in [1.807, 2.05) is 4.90 Å². The monoisotopic (exact) mass is 653 g/mol. The summed E-state index contributed by atoms with van der Waals surface area (Å²) in [5, 5.41) is 0.0835. The molecule has 1 fully saturated rings. The number of hydrogen-bond acceptors (Lipinski definition) is 7. The van der Waals surface area contributed by atoms with Gasteiger partial charge in [-0.2, -0.15) is 18.2 Å². The Morgan fingerprint density at radius 3 is 2.24 bits per heavy atom. The highest BCUT2D eigenvalue weighted by Crippen LogP contribution is 2.49. The summed E-state index contributed by atoms with van der Waals surface area (Å²) in [6, 6.07) is 2.26. The summed E-state index contributed by atoms with van der Waals surface area (Å²) in [4.78, 5) is 36.3.